The number of aromatic nitrogens is 2. The quantitative estimate of drug-likeness (QED) is 0.576. The largest absolute Gasteiger partial charge is 0.390 e. The van der Waals surface area contributed by atoms with E-state index in [1.165, 1.54) is 25.7 Å². The van der Waals surface area contributed by atoms with Gasteiger partial charge in [-0.3, -0.25) is 0 Å². The fraction of sp³-hybridized carbons (Fsp3) is 0.727. The normalized spacial score (nSPS) is 10.9. The molecule has 4 heteroatoms. The van der Waals surface area contributed by atoms with Crippen LogP contribution >= 0.6 is 11.8 Å². The van der Waals surface area contributed by atoms with Crippen LogP contribution in [0.15, 0.2) is 11.4 Å². The molecule has 86 valence electrons. The molecule has 1 aromatic heterocycles. The predicted octanol–water partition coefficient (Wildman–Crippen LogP) is 2.58. The monoisotopic (exact) mass is 228 g/mol. The van der Waals surface area contributed by atoms with Crippen LogP contribution in [0.5, 0.6) is 0 Å². The number of nitrogens with zero attached hydrogens (tertiary/aromatic N) is 2. The molecule has 0 radical (unpaired) electrons. The minimum absolute atomic E-state index is 0.0693. The molecule has 0 atom stereocenters. The van der Waals surface area contributed by atoms with E-state index in [1.54, 1.807) is 18.0 Å². The second-order valence-electron chi connectivity index (χ2n) is 3.66. The SMILES string of the molecule is CCCCCCSc1ncc(CO)n1C. The molecule has 0 aromatic carbocycles. The minimum atomic E-state index is 0.0693. The Morgan fingerprint density at radius 2 is 2.20 bits per heavy atom. The zero-order valence-corrected chi connectivity index (χ0v) is 10.4. The van der Waals surface area contributed by atoms with Crippen molar-refractivity contribution in [1.29, 1.82) is 0 Å². The molecule has 0 aliphatic carbocycles. The molecule has 1 aromatic rings. The van der Waals surface area contributed by atoms with Crippen LogP contribution in [0.1, 0.15) is 38.3 Å². The van der Waals surface area contributed by atoms with Gasteiger partial charge in [0.25, 0.3) is 0 Å². The highest BCUT2D eigenvalue weighted by molar-refractivity contribution is 7.99. The zero-order chi connectivity index (χ0) is 11.1. The standard InChI is InChI=1S/C11H20N2OS/c1-3-4-5-6-7-15-11-12-8-10(9-14)13(11)2/h8,14H,3-7,9H2,1-2H3. The molecule has 0 unspecified atom stereocenters. The molecule has 0 spiro atoms. The highest BCUT2D eigenvalue weighted by atomic mass is 32.2. The van der Waals surface area contributed by atoms with Crippen LogP contribution in [0.25, 0.3) is 0 Å². The summed E-state index contributed by atoms with van der Waals surface area (Å²) >= 11 is 1.77. The first kappa shape index (κ1) is 12.6. The van der Waals surface area contributed by atoms with Gasteiger partial charge in [-0.2, -0.15) is 0 Å². The summed E-state index contributed by atoms with van der Waals surface area (Å²) in [7, 11) is 1.95. The van der Waals surface area contributed by atoms with E-state index in [0.29, 0.717) is 0 Å². The van der Waals surface area contributed by atoms with Crippen LogP contribution in [0, 0.1) is 0 Å². The van der Waals surface area contributed by atoms with Crippen molar-refractivity contribution in [3.63, 3.8) is 0 Å². The molecular formula is C11H20N2OS. The fourth-order valence-electron chi connectivity index (χ4n) is 1.40. The van der Waals surface area contributed by atoms with E-state index >= 15 is 0 Å². The second kappa shape index (κ2) is 6.90. The molecular weight excluding hydrogens is 208 g/mol. The summed E-state index contributed by atoms with van der Waals surface area (Å²) in [5.41, 5.74) is 0.881. The van der Waals surface area contributed by atoms with Crippen LogP contribution in [-0.4, -0.2) is 20.4 Å². The van der Waals surface area contributed by atoms with Crippen molar-refractivity contribution >= 4 is 11.8 Å². The number of hydrogen-bond donors (Lipinski definition) is 1. The van der Waals surface area contributed by atoms with Gasteiger partial charge in [0.1, 0.15) is 0 Å². The Labute approximate surface area is 95.9 Å². The second-order valence-corrected chi connectivity index (χ2v) is 4.72. The highest BCUT2D eigenvalue weighted by Gasteiger charge is 2.05. The Balaban J connectivity index is 2.28. The van der Waals surface area contributed by atoms with Gasteiger partial charge in [0, 0.05) is 12.8 Å². The lowest BCUT2D eigenvalue weighted by molar-refractivity contribution is 0.271. The van der Waals surface area contributed by atoms with E-state index in [2.05, 4.69) is 11.9 Å². The molecule has 3 nitrogen and oxygen atoms in total. The molecule has 15 heavy (non-hydrogen) atoms. The Bertz CT molecular complexity index is 286. The molecule has 1 N–H and O–H groups in total. The summed E-state index contributed by atoms with van der Waals surface area (Å²) in [6.07, 6.45) is 6.90. The summed E-state index contributed by atoms with van der Waals surface area (Å²) in [6.45, 7) is 2.29. The maximum atomic E-state index is 9.00. The molecule has 1 rings (SSSR count). The molecule has 0 amide bonds. The van der Waals surface area contributed by atoms with E-state index in [1.807, 2.05) is 11.6 Å². The predicted molar refractivity (Wildman–Crippen MR) is 64.0 cm³/mol. The molecule has 1 heterocycles. The van der Waals surface area contributed by atoms with Gasteiger partial charge >= 0.3 is 0 Å². The Morgan fingerprint density at radius 1 is 1.40 bits per heavy atom. The van der Waals surface area contributed by atoms with Gasteiger partial charge in [-0.05, 0) is 6.42 Å². The van der Waals surface area contributed by atoms with Gasteiger partial charge in [0.2, 0.25) is 0 Å². The number of thioether (sulfide) groups is 1. The Hall–Kier alpha value is -0.480. The zero-order valence-electron chi connectivity index (χ0n) is 9.57. The molecule has 0 saturated carbocycles. The number of unbranched alkanes of at least 4 members (excludes halogenated alkanes) is 3. The lowest BCUT2D eigenvalue weighted by Crippen LogP contribution is -1.97. The summed E-state index contributed by atoms with van der Waals surface area (Å²) in [4.78, 5) is 4.27. The van der Waals surface area contributed by atoms with Crippen LogP contribution < -0.4 is 0 Å². The minimum Gasteiger partial charge on any atom is -0.390 e. The van der Waals surface area contributed by atoms with Crippen LogP contribution in [0.4, 0.5) is 0 Å². The molecule has 0 saturated heterocycles. The van der Waals surface area contributed by atoms with Crippen molar-refractivity contribution < 1.29 is 5.11 Å². The first-order valence-electron chi connectivity index (χ1n) is 5.53. The smallest absolute Gasteiger partial charge is 0.167 e. The topological polar surface area (TPSA) is 38.1 Å². The van der Waals surface area contributed by atoms with E-state index in [9.17, 15) is 0 Å². The Kier molecular flexibility index (Phi) is 5.79. The van der Waals surface area contributed by atoms with E-state index in [-0.39, 0.29) is 6.61 Å². The van der Waals surface area contributed by atoms with E-state index < -0.39 is 0 Å². The summed E-state index contributed by atoms with van der Waals surface area (Å²) in [5.74, 6) is 1.12. The fourth-order valence-corrected chi connectivity index (χ4v) is 2.37. The highest BCUT2D eigenvalue weighted by Crippen LogP contribution is 2.19. The van der Waals surface area contributed by atoms with Crippen molar-refractivity contribution in [3.05, 3.63) is 11.9 Å². The number of hydrogen-bond acceptors (Lipinski definition) is 3. The van der Waals surface area contributed by atoms with Gasteiger partial charge in [-0.25, -0.2) is 4.98 Å². The van der Waals surface area contributed by atoms with E-state index in [0.717, 1.165) is 16.6 Å². The number of imidazole rings is 1. The summed E-state index contributed by atoms with van der Waals surface area (Å²) in [6, 6.07) is 0. The van der Waals surface area contributed by atoms with Crippen LogP contribution in [0.3, 0.4) is 0 Å². The van der Waals surface area contributed by atoms with E-state index in [4.69, 9.17) is 5.11 Å². The third-order valence-corrected chi connectivity index (χ3v) is 3.56. The number of rotatable bonds is 7. The third-order valence-electron chi connectivity index (χ3n) is 2.43. The van der Waals surface area contributed by atoms with Crippen LogP contribution in [0.2, 0.25) is 0 Å². The average molecular weight is 228 g/mol. The van der Waals surface area contributed by atoms with Crippen LogP contribution in [-0.2, 0) is 13.7 Å². The number of aliphatic hydroxyl groups excluding tert-OH is 1. The molecule has 0 aliphatic rings. The van der Waals surface area contributed by atoms with Crippen molar-refractivity contribution in [2.24, 2.45) is 7.05 Å². The van der Waals surface area contributed by atoms with Crippen molar-refractivity contribution in [1.82, 2.24) is 9.55 Å². The molecule has 0 aliphatic heterocycles. The van der Waals surface area contributed by atoms with Crippen molar-refractivity contribution in [2.75, 3.05) is 5.75 Å². The van der Waals surface area contributed by atoms with Gasteiger partial charge < -0.3 is 9.67 Å². The average Bonchev–Trinajstić information content (AvgIpc) is 2.60. The maximum Gasteiger partial charge on any atom is 0.167 e. The van der Waals surface area contributed by atoms with Gasteiger partial charge in [0.05, 0.1) is 18.5 Å². The lowest BCUT2D eigenvalue weighted by Gasteiger charge is -2.03. The molecule has 0 bridgehead atoms. The third kappa shape index (κ3) is 3.87. The Morgan fingerprint density at radius 3 is 2.80 bits per heavy atom. The lowest BCUT2D eigenvalue weighted by atomic mass is 10.2. The van der Waals surface area contributed by atoms with Gasteiger partial charge in [0.15, 0.2) is 5.16 Å². The molecule has 0 fully saturated rings. The first-order chi connectivity index (χ1) is 7.29. The van der Waals surface area contributed by atoms with Crippen molar-refractivity contribution in [3.8, 4) is 0 Å². The van der Waals surface area contributed by atoms with Gasteiger partial charge in [-0.1, -0.05) is 37.9 Å². The summed E-state index contributed by atoms with van der Waals surface area (Å²) in [5, 5.41) is 10.0. The number of aliphatic hydroxyl groups is 1. The maximum absolute atomic E-state index is 9.00. The van der Waals surface area contributed by atoms with Crippen molar-refractivity contribution in [2.45, 2.75) is 44.4 Å². The first-order valence-corrected chi connectivity index (χ1v) is 6.52. The summed E-state index contributed by atoms with van der Waals surface area (Å²) < 4.78 is 1.96. The van der Waals surface area contributed by atoms with Gasteiger partial charge in [-0.15, -0.1) is 0 Å².